The van der Waals surface area contributed by atoms with E-state index in [0.717, 1.165) is 6.42 Å². The molecule has 0 heterocycles. The maximum atomic E-state index is 11.8. The van der Waals surface area contributed by atoms with Crippen molar-refractivity contribution < 1.29 is 4.79 Å². The van der Waals surface area contributed by atoms with Crippen molar-refractivity contribution in [1.82, 2.24) is 5.32 Å². The van der Waals surface area contributed by atoms with Gasteiger partial charge in [-0.1, -0.05) is 43.7 Å². The third-order valence-corrected chi connectivity index (χ3v) is 3.37. The minimum atomic E-state index is 0.0664. The van der Waals surface area contributed by atoms with Crippen molar-refractivity contribution in [1.29, 1.82) is 0 Å². The number of amides is 1. The van der Waals surface area contributed by atoms with Crippen LogP contribution < -0.4 is 5.32 Å². The molecular formula is C15H22ClNO. The van der Waals surface area contributed by atoms with Crippen molar-refractivity contribution in [3.63, 3.8) is 0 Å². The molecule has 0 aliphatic rings. The Labute approximate surface area is 115 Å². The van der Waals surface area contributed by atoms with Gasteiger partial charge in [-0.2, -0.15) is 0 Å². The molecule has 0 radical (unpaired) electrons. The van der Waals surface area contributed by atoms with Gasteiger partial charge in [-0.3, -0.25) is 4.79 Å². The van der Waals surface area contributed by atoms with Crippen LogP contribution in [0.25, 0.3) is 0 Å². The molecule has 0 spiro atoms. The summed E-state index contributed by atoms with van der Waals surface area (Å²) in [7, 11) is 0. The molecule has 0 saturated heterocycles. The summed E-state index contributed by atoms with van der Waals surface area (Å²) in [4.78, 5) is 11.8. The molecule has 2 nitrogen and oxygen atoms in total. The van der Waals surface area contributed by atoms with Crippen molar-refractivity contribution in [2.75, 3.05) is 5.88 Å². The van der Waals surface area contributed by atoms with Crippen molar-refractivity contribution in [3.8, 4) is 0 Å². The molecule has 1 amide bonds. The highest BCUT2D eigenvalue weighted by atomic mass is 35.5. The molecule has 1 aromatic carbocycles. The van der Waals surface area contributed by atoms with Crippen LogP contribution in [0.15, 0.2) is 24.3 Å². The molecule has 1 unspecified atom stereocenters. The first kappa shape index (κ1) is 15.0. The quantitative estimate of drug-likeness (QED) is 0.788. The van der Waals surface area contributed by atoms with Gasteiger partial charge in [0, 0.05) is 18.3 Å². The van der Waals surface area contributed by atoms with E-state index in [1.165, 1.54) is 11.1 Å². The Hall–Kier alpha value is -1.02. The number of carbonyl (C=O) groups excluding carboxylic acids is 1. The van der Waals surface area contributed by atoms with E-state index in [-0.39, 0.29) is 11.9 Å². The highest BCUT2D eigenvalue weighted by Crippen LogP contribution is 2.08. The Morgan fingerprint density at radius 2 is 2.11 bits per heavy atom. The average molecular weight is 268 g/mol. The van der Waals surface area contributed by atoms with Gasteiger partial charge in [0.25, 0.3) is 0 Å². The van der Waals surface area contributed by atoms with Crippen molar-refractivity contribution in [3.05, 3.63) is 35.4 Å². The summed E-state index contributed by atoms with van der Waals surface area (Å²) in [5.41, 5.74) is 2.44. The molecule has 0 fully saturated rings. The number of alkyl halides is 1. The van der Waals surface area contributed by atoms with Crippen LogP contribution in [0, 0.1) is 12.8 Å². The lowest BCUT2D eigenvalue weighted by atomic mass is 10.0. The molecule has 100 valence electrons. The van der Waals surface area contributed by atoms with E-state index in [1.54, 1.807) is 0 Å². The zero-order valence-corrected chi connectivity index (χ0v) is 12.1. The van der Waals surface area contributed by atoms with Gasteiger partial charge in [-0.15, -0.1) is 11.6 Å². The number of benzene rings is 1. The van der Waals surface area contributed by atoms with Crippen LogP contribution in [0.3, 0.4) is 0 Å². The standard InChI is InChI=1S/C15H22ClNO/c1-11(2)14(10-16)17-15(18)8-7-13-6-4-5-12(3)9-13/h4-6,9,11,14H,7-8,10H2,1-3H3,(H,17,18). The molecule has 0 saturated carbocycles. The lowest BCUT2D eigenvalue weighted by molar-refractivity contribution is -0.121. The van der Waals surface area contributed by atoms with E-state index in [0.29, 0.717) is 18.2 Å². The van der Waals surface area contributed by atoms with Crippen LogP contribution in [0.2, 0.25) is 0 Å². The van der Waals surface area contributed by atoms with Crippen LogP contribution in [0.1, 0.15) is 31.4 Å². The van der Waals surface area contributed by atoms with E-state index in [2.05, 4.69) is 44.3 Å². The van der Waals surface area contributed by atoms with Crippen LogP contribution in [0.5, 0.6) is 0 Å². The Kier molecular flexibility index (Phi) is 6.20. The summed E-state index contributed by atoms with van der Waals surface area (Å²) in [6.07, 6.45) is 1.30. The molecule has 0 aliphatic heterocycles. The van der Waals surface area contributed by atoms with Crippen LogP contribution in [-0.2, 0) is 11.2 Å². The van der Waals surface area contributed by atoms with E-state index in [9.17, 15) is 4.79 Å². The third kappa shape index (κ3) is 5.09. The smallest absolute Gasteiger partial charge is 0.220 e. The average Bonchev–Trinajstić information content (AvgIpc) is 2.33. The zero-order chi connectivity index (χ0) is 13.5. The van der Waals surface area contributed by atoms with Gasteiger partial charge in [-0.05, 0) is 24.8 Å². The molecule has 0 aromatic heterocycles. The fourth-order valence-electron chi connectivity index (χ4n) is 1.79. The molecule has 0 bridgehead atoms. The summed E-state index contributed by atoms with van der Waals surface area (Å²) in [5.74, 6) is 0.912. The number of nitrogens with one attached hydrogen (secondary N) is 1. The van der Waals surface area contributed by atoms with Crippen molar-refractivity contribution in [2.24, 2.45) is 5.92 Å². The molecule has 1 rings (SSSR count). The summed E-state index contributed by atoms with van der Waals surface area (Å²) in [6, 6.07) is 8.33. The number of rotatable bonds is 6. The van der Waals surface area contributed by atoms with Gasteiger partial charge in [0.1, 0.15) is 0 Å². The molecule has 1 N–H and O–H groups in total. The van der Waals surface area contributed by atoms with Crippen LogP contribution >= 0.6 is 11.6 Å². The fraction of sp³-hybridized carbons (Fsp3) is 0.533. The van der Waals surface area contributed by atoms with Gasteiger partial charge in [0.15, 0.2) is 0 Å². The second-order valence-electron chi connectivity index (χ2n) is 5.06. The molecular weight excluding hydrogens is 246 g/mol. The second kappa shape index (κ2) is 7.42. The SMILES string of the molecule is Cc1cccc(CCC(=O)NC(CCl)C(C)C)c1. The minimum Gasteiger partial charge on any atom is -0.352 e. The number of halogens is 1. The molecule has 3 heteroatoms. The Bertz CT molecular complexity index is 390. The number of carbonyl (C=O) groups is 1. The van der Waals surface area contributed by atoms with E-state index in [1.807, 2.05) is 6.07 Å². The number of aryl methyl sites for hydroxylation is 2. The number of hydrogen-bond donors (Lipinski definition) is 1. The van der Waals surface area contributed by atoms with Gasteiger partial charge >= 0.3 is 0 Å². The first-order chi connectivity index (χ1) is 8.52. The van der Waals surface area contributed by atoms with E-state index >= 15 is 0 Å². The first-order valence-corrected chi connectivity index (χ1v) is 6.97. The highest BCUT2D eigenvalue weighted by molar-refractivity contribution is 6.18. The summed E-state index contributed by atoms with van der Waals surface area (Å²) < 4.78 is 0. The van der Waals surface area contributed by atoms with Gasteiger partial charge in [0.2, 0.25) is 5.91 Å². The predicted molar refractivity (Wildman–Crippen MR) is 77.0 cm³/mol. The Morgan fingerprint density at radius 3 is 2.67 bits per heavy atom. The monoisotopic (exact) mass is 267 g/mol. The number of hydrogen-bond acceptors (Lipinski definition) is 1. The van der Waals surface area contributed by atoms with Crippen LogP contribution in [-0.4, -0.2) is 17.8 Å². The van der Waals surface area contributed by atoms with Gasteiger partial charge in [-0.25, -0.2) is 0 Å². The highest BCUT2D eigenvalue weighted by Gasteiger charge is 2.14. The first-order valence-electron chi connectivity index (χ1n) is 6.43. The normalized spacial score (nSPS) is 12.5. The zero-order valence-electron chi connectivity index (χ0n) is 11.4. The summed E-state index contributed by atoms with van der Waals surface area (Å²) in [5, 5.41) is 2.98. The third-order valence-electron chi connectivity index (χ3n) is 3.04. The van der Waals surface area contributed by atoms with E-state index in [4.69, 9.17) is 11.6 Å². The Balaban J connectivity index is 2.41. The minimum absolute atomic E-state index is 0.0664. The van der Waals surface area contributed by atoms with Crippen LogP contribution in [0.4, 0.5) is 0 Å². The lowest BCUT2D eigenvalue weighted by Gasteiger charge is -2.19. The topological polar surface area (TPSA) is 29.1 Å². The van der Waals surface area contributed by atoms with Crippen molar-refractivity contribution in [2.45, 2.75) is 39.7 Å². The maximum Gasteiger partial charge on any atom is 0.220 e. The molecule has 1 atom stereocenters. The summed E-state index contributed by atoms with van der Waals surface area (Å²) >= 11 is 5.83. The molecule has 0 aliphatic carbocycles. The van der Waals surface area contributed by atoms with Crippen molar-refractivity contribution >= 4 is 17.5 Å². The van der Waals surface area contributed by atoms with Gasteiger partial charge < -0.3 is 5.32 Å². The lowest BCUT2D eigenvalue weighted by Crippen LogP contribution is -2.39. The maximum absolute atomic E-state index is 11.8. The molecule has 1 aromatic rings. The summed E-state index contributed by atoms with van der Waals surface area (Å²) in [6.45, 7) is 6.19. The Morgan fingerprint density at radius 1 is 1.39 bits per heavy atom. The fourth-order valence-corrected chi connectivity index (χ4v) is 2.22. The molecule has 18 heavy (non-hydrogen) atoms. The second-order valence-corrected chi connectivity index (χ2v) is 5.37. The van der Waals surface area contributed by atoms with Gasteiger partial charge in [0.05, 0.1) is 0 Å². The predicted octanol–water partition coefficient (Wildman–Crippen LogP) is 3.31. The largest absolute Gasteiger partial charge is 0.352 e. The van der Waals surface area contributed by atoms with E-state index < -0.39 is 0 Å².